The van der Waals surface area contributed by atoms with E-state index in [4.69, 9.17) is 16.7 Å². The number of rotatable bonds is 5. The van der Waals surface area contributed by atoms with Crippen molar-refractivity contribution in [3.8, 4) is 0 Å². The van der Waals surface area contributed by atoms with Gasteiger partial charge in [-0.15, -0.1) is 0 Å². The van der Waals surface area contributed by atoms with E-state index in [1.54, 1.807) is 17.0 Å². The summed E-state index contributed by atoms with van der Waals surface area (Å²) in [6.45, 7) is 4.44. The lowest BCUT2D eigenvalue weighted by Crippen LogP contribution is -2.35. The number of amides is 2. The summed E-state index contributed by atoms with van der Waals surface area (Å²) in [6, 6.07) is 4.72. The minimum absolute atomic E-state index is 0.102. The number of aliphatic carboxylic acids is 1. The molecule has 2 rings (SSSR count). The summed E-state index contributed by atoms with van der Waals surface area (Å²) in [7, 11) is 0. The van der Waals surface area contributed by atoms with Crippen LogP contribution in [0.3, 0.4) is 0 Å². The van der Waals surface area contributed by atoms with Crippen LogP contribution >= 0.6 is 11.6 Å². The average molecular weight is 367 g/mol. The zero-order valence-electron chi connectivity index (χ0n) is 14.5. The maximum Gasteiger partial charge on any atom is 0.309 e. The van der Waals surface area contributed by atoms with Gasteiger partial charge in [0.25, 0.3) is 5.91 Å². The van der Waals surface area contributed by atoms with Gasteiger partial charge in [-0.05, 0) is 51.3 Å². The summed E-state index contributed by atoms with van der Waals surface area (Å²) in [5, 5.41) is 12.0. The van der Waals surface area contributed by atoms with Crippen LogP contribution < -0.4 is 5.32 Å². The fourth-order valence-electron chi connectivity index (χ4n) is 2.72. The standard InChI is InChI=1S/C18H23ClN2O4/c1-18(2,17(24)25)11-15(22)20-12-6-7-13(14(19)10-12)16(23)21-8-4-3-5-9-21/h6-7,10H,3-5,8-9,11H2,1-2H3,(H,20,22)(H,24,25). The van der Waals surface area contributed by atoms with Crippen molar-refractivity contribution < 1.29 is 19.5 Å². The number of benzene rings is 1. The zero-order valence-corrected chi connectivity index (χ0v) is 15.2. The summed E-state index contributed by atoms with van der Waals surface area (Å²) < 4.78 is 0. The maximum absolute atomic E-state index is 12.5. The Morgan fingerprint density at radius 3 is 2.40 bits per heavy atom. The molecule has 1 fully saturated rings. The topological polar surface area (TPSA) is 86.7 Å². The van der Waals surface area contributed by atoms with Gasteiger partial charge in [0.1, 0.15) is 0 Å². The monoisotopic (exact) mass is 366 g/mol. The molecular formula is C18H23ClN2O4. The molecule has 0 atom stereocenters. The Hall–Kier alpha value is -2.08. The molecule has 0 aliphatic carbocycles. The highest BCUT2D eigenvalue weighted by atomic mass is 35.5. The van der Waals surface area contributed by atoms with Gasteiger partial charge < -0.3 is 15.3 Å². The van der Waals surface area contributed by atoms with Gasteiger partial charge in [-0.25, -0.2) is 0 Å². The van der Waals surface area contributed by atoms with Crippen LogP contribution in [0.4, 0.5) is 5.69 Å². The van der Waals surface area contributed by atoms with Crippen LogP contribution in [0.5, 0.6) is 0 Å². The maximum atomic E-state index is 12.5. The molecule has 1 aromatic carbocycles. The number of carbonyl (C=O) groups is 3. The Morgan fingerprint density at radius 1 is 1.20 bits per heavy atom. The van der Waals surface area contributed by atoms with Crippen molar-refractivity contribution in [1.29, 1.82) is 0 Å². The zero-order chi connectivity index (χ0) is 18.6. The van der Waals surface area contributed by atoms with Gasteiger partial charge in [0.15, 0.2) is 0 Å². The molecular weight excluding hydrogens is 344 g/mol. The quantitative estimate of drug-likeness (QED) is 0.836. The molecule has 0 spiro atoms. The van der Waals surface area contributed by atoms with Crippen molar-refractivity contribution in [3.63, 3.8) is 0 Å². The molecule has 0 aromatic heterocycles. The lowest BCUT2D eigenvalue weighted by Gasteiger charge is -2.27. The molecule has 0 bridgehead atoms. The van der Waals surface area contributed by atoms with Crippen molar-refractivity contribution in [3.05, 3.63) is 28.8 Å². The first-order valence-electron chi connectivity index (χ1n) is 8.33. The van der Waals surface area contributed by atoms with Crippen LogP contribution in [0.2, 0.25) is 5.02 Å². The van der Waals surface area contributed by atoms with Gasteiger partial charge in [0, 0.05) is 25.2 Å². The Bertz CT molecular complexity index is 682. The molecule has 2 amide bonds. The van der Waals surface area contributed by atoms with E-state index >= 15 is 0 Å². The number of piperidine rings is 1. The third-order valence-electron chi connectivity index (χ3n) is 4.31. The Balaban J connectivity index is 2.05. The minimum atomic E-state index is -1.15. The van der Waals surface area contributed by atoms with Gasteiger partial charge in [0.05, 0.1) is 16.0 Å². The van der Waals surface area contributed by atoms with Crippen molar-refractivity contribution >= 4 is 35.1 Å². The first kappa shape index (κ1) is 19.2. The largest absolute Gasteiger partial charge is 0.481 e. The number of halogens is 1. The second-order valence-corrected chi connectivity index (χ2v) is 7.37. The van der Waals surface area contributed by atoms with E-state index in [1.165, 1.54) is 19.9 Å². The summed E-state index contributed by atoms with van der Waals surface area (Å²) in [5.74, 6) is -1.56. The van der Waals surface area contributed by atoms with E-state index in [0.29, 0.717) is 11.3 Å². The molecule has 2 N–H and O–H groups in total. The summed E-state index contributed by atoms with van der Waals surface area (Å²) >= 11 is 6.22. The molecule has 25 heavy (non-hydrogen) atoms. The molecule has 0 unspecified atom stereocenters. The normalized spacial score (nSPS) is 14.9. The number of carbonyl (C=O) groups excluding carboxylic acids is 2. The van der Waals surface area contributed by atoms with Gasteiger partial charge in [-0.1, -0.05) is 11.6 Å². The predicted molar refractivity (Wildman–Crippen MR) is 95.9 cm³/mol. The van der Waals surface area contributed by atoms with Crippen LogP contribution in [-0.2, 0) is 9.59 Å². The van der Waals surface area contributed by atoms with E-state index in [2.05, 4.69) is 5.32 Å². The Morgan fingerprint density at radius 2 is 1.84 bits per heavy atom. The minimum Gasteiger partial charge on any atom is -0.481 e. The number of carboxylic acid groups (broad SMARTS) is 1. The van der Waals surface area contributed by atoms with E-state index in [-0.39, 0.29) is 17.4 Å². The first-order chi connectivity index (χ1) is 11.7. The number of carboxylic acids is 1. The highest BCUT2D eigenvalue weighted by molar-refractivity contribution is 6.34. The summed E-state index contributed by atoms with van der Waals surface area (Å²) in [4.78, 5) is 37.4. The van der Waals surface area contributed by atoms with Crippen molar-refractivity contribution in [2.75, 3.05) is 18.4 Å². The average Bonchev–Trinajstić information content (AvgIpc) is 2.54. The number of anilines is 1. The second kappa shape index (κ2) is 7.87. The van der Waals surface area contributed by atoms with Gasteiger partial charge in [-0.2, -0.15) is 0 Å². The van der Waals surface area contributed by atoms with Crippen LogP contribution in [0.15, 0.2) is 18.2 Å². The number of hydrogen-bond acceptors (Lipinski definition) is 3. The summed E-state index contributed by atoms with van der Waals surface area (Å²) in [5.41, 5.74) is -0.309. The van der Waals surface area contributed by atoms with Crippen LogP contribution in [-0.4, -0.2) is 40.9 Å². The van der Waals surface area contributed by atoms with E-state index < -0.39 is 17.3 Å². The fourth-order valence-corrected chi connectivity index (χ4v) is 2.98. The molecule has 1 aliphatic heterocycles. The fraction of sp³-hybridized carbons (Fsp3) is 0.500. The van der Waals surface area contributed by atoms with Crippen LogP contribution in [0.25, 0.3) is 0 Å². The van der Waals surface area contributed by atoms with Crippen molar-refractivity contribution in [1.82, 2.24) is 4.90 Å². The third-order valence-corrected chi connectivity index (χ3v) is 4.62. The molecule has 136 valence electrons. The molecule has 1 aromatic rings. The second-order valence-electron chi connectivity index (χ2n) is 6.96. The van der Waals surface area contributed by atoms with E-state index in [1.807, 2.05) is 0 Å². The smallest absolute Gasteiger partial charge is 0.309 e. The molecule has 1 aliphatic rings. The van der Waals surface area contributed by atoms with Crippen molar-refractivity contribution in [2.45, 2.75) is 39.5 Å². The Kier molecular flexibility index (Phi) is 6.06. The number of hydrogen-bond donors (Lipinski definition) is 2. The summed E-state index contributed by atoms with van der Waals surface area (Å²) in [6.07, 6.45) is 2.97. The molecule has 1 saturated heterocycles. The lowest BCUT2D eigenvalue weighted by molar-refractivity contribution is -0.148. The first-order valence-corrected chi connectivity index (χ1v) is 8.70. The number of nitrogens with one attached hydrogen (secondary N) is 1. The Labute approximate surface area is 152 Å². The lowest BCUT2D eigenvalue weighted by atomic mass is 9.89. The SMILES string of the molecule is CC(C)(CC(=O)Nc1ccc(C(=O)N2CCCCC2)c(Cl)c1)C(=O)O. The van der Waals surface area contributed by atoms with Crippen molar-refractivity contribution in [2.24, 2.45) is 5.41 Å². The van der Waals surface area contributed by atoms with Gasteiger partial charge in [0.2, 0.25) is 5.91 Å². The number of likely N-dealkylation sites (tertiary alicyclic amines) is 1. The molecule has 0 saturated carbocycles. The van der Waals surface area contributed by atoms with Gasteiger partial charge in [-0.3, -0.25) is 14.4 Å². The highest BCUT2D eigenvalue weighted by Crippen LogP contribution is 2.25. The van der Waals surface area contributed by atoms with Gasteiger partial charge >= 0.3 is 5.97 Å². The number of nitrogens with zero attached hydrogens (tertiary/aromatic N) is 1. The predicted octanol–water partition coefficient (Wildman–Crippen LogP) is 3.41. The molecule has 7 heteroatoms. The third kappa shape index (κ3) is 4.95. The molecule has 6 nitrogen and oxygen atoms in total. The highest BCUT2D eigenvalue weighted by Gasteiger charge is 2.30. The van der Waals surface area contributed by atoms with E-state index in [0.717, 1.165) is 32.4 Å². The molecule has 0 radical (unpaired) electrons. The van der Waals surface area contributed by atoms with E-state index in [9.17, 15) is 14.4 Å². The van der Waals surface area contributed by atoms with Crippen LogP contribution in [0, 0.1) is 5.41 Å². The molecule has 1 heterocycles. The van der Waals surface area contributed by atoms with Crippen LogP contribution in [0.1, 0.15) is 49.9 Å².